The molecule has 7 heteroatoms. The highest BCUT2D eigenvalue weighted by Crippen LogP contribution is 2.23. The molecule has 0 fully saturated rings. The minimum Gasteiger partial charge on any atom is -0.465 e. The molecule has 2 rings (SSSR count). The van der Waals surface area contributed by atoms with Crippen LogP contribution in [-0.4, -0.2) is 28.0 Å². The summed E-state index contributed by atoms with van der Waals surface area (Å²) >= 11 is 0. The Kier molecular flexibility index (Phi) is 3.80. The number of esters is 1. The summed E-state index contributed by atoms with van der Waals surface area (Å²) in [4.78, 5) is 11.7. The van der Waals surface area contributed by atoms with E-state index in [1.165, 1.54) is 25.3 Å². The average molecular weight is 294 g/mol. The molecule has 0 amide bonds. The molecular formula is C13H14N2O4S. The van der Waals surface area contributed by atoms with E-state index in [-0.39, 0.29) is 11.4 Å². The summed E-state index contributed by atoms with van der Waals surface area (Å²) in [7, 11) is -2.03. The maximum Gasteiger partial charge on any atom is 0.337 e. The van der Waals surface area contributed by atoms with E-state index >= 15 is 0 Å². The Balaban J connectivity index is 2.16. The predicted molar refractivity (Wildman–Crippen MR) is 76.8 cm³/mol. The van der Waals surface area contributed by atoms with E-state index in [1.807, 2.05) is 0 Å². The van der Waals surface area contributed by atoms with Gasteiger partial charge in [-0.05, 0) is 30.4 Å². The van der Waals surface area contributed by atoms with E-state index < -0.39 is 15.8 Å². The Morgan fingerprint density at radius 2 is 2.15 bits per heavy atom. The molecule has 3 N–H and O–H groups in total. The lowest BCUT2D eigenvalue weighted by Gasteiger charge is -2.11. The fraction of sp³-hybridized carbons (Fsp3) is 0.154. The second-order valence-corrected chi connectivity index (χ2v) is 6.04. The number of methoxy groups -OCH3 is 1. The summed E-state index contributed by atoms with van der Waals surface area (Å²) in [5.41, 5.74) is 7.02. The van der Waals surface area contributed by atoms with Crippen LogP contribution in [0.1, 0.15) is 10.4 Å². The molecule has 1 aliphatic rings. The zero-order valence-corrected chi connectivity index (χ0v) is 11.6. The fourth-order valence-corrected chi connectivity index (χ4v) is 2.73. The Bertz CT molecular complexity index is 705. The van der Waals surface area contributed by atoms with Crippen molar-refractivity contribution >= 4 is 27.2 Å². The first-order valence-electron chi connectivity index (χ1n) is 5.78. The van der Waals surface area contributed by atoms with E-state index in [0.29, 0.717) is 16.9 Å². The number of carbonyl (C=O) groups is 1. The smallest absolute Gasteiger partial charge is 0.337 e. The van der Waals surface area contributed by atoms with E-state index in [1.54, 1.807) is 12.1 Å². The zero-order valence-electron chi connectivity index (χ0n) is 10.8. The Morgan fingerprint density at radius 3 is 2.75 bits per heavy atom. The molecule has 1 aromatic carbocycles. The number of nitrogens with one attached hydrogen (secondary N) is 1. The first-order valence-corrected chi connectivity index (χ1v) is 7.33. The number of rotatable bonds is 4. The van der Waals surface area contributed by atoms with Gasteiger partial charge in [0.25, 0.3) is 0 Å². The van der Waals surface area contributed by atoms with Crippen LogP contribution in [0.4, 0.5) is 11.4 Å². The predicted octanol–water partition coefficient (Wildman–Crippen LogP) is 1.29. The van der Waals surface area contributed by atoms with Crippen molar-refractivity contribution in [2.45, 2.75) is 0 Å². The van der Waals surface area contributed by atoms with Gasteiger partial charge in [0.15, 0.2) is 9.84 Å². The van der Waals surface area contributed by atoms with Crippen LogP contribution < -0.4 is 11.1 Å². The summed E-state index contributed by atoms with van der Waals surface area (Å²) in [6.07, 6.45) is 2.99. The van der Waals surface area contributed by atoms with Gasteiger partial charge in [0.05, 0.1) is 35.5 Å². The number of anilines is 2. The van der Waals surface area contributed by atoms with Gasteiger partial charge < -0.3 is 15.8 Å². The largest absolute Gasteiger partial charge is 0.465 e. The third-order valence-electron chi connectivity index (χ3n) is 2.83. The quantitative estimate of drug-likeness (QED) is 0.641. The van der Waals surface area contributed by atoms with Gasteiger partial charge in [0.2, 0.25) is 0 Å². The van der Waals surface area contributed by atoms with Gasteiger partial charge in [-0.15, -0.1) is 0 Å². The van der Waals surface area contributed by atoms with Gasteiger partial charge in [-0.25, -0.2) is 13.2 Å². The number of carbonyl (C=O) groups excluding carboxylic acids is 1. The van der Waals surface area contributed by atoms with Crippen molar-refractivity contribution in [1.29, 1.82) is 0 Å². The van der Waals surface area contributed by atoms with Gasteiger partial charge in [0, 0.05) is 5.41 Å². The highest BCUT2D eigenvalue weighted by atomic mass is 32.2. The van der Waals surface area contributed by atoms with Gasteiger partial charge in [-0.1, -0.05) is 0 Å². The van der Waals surface area contributed by atoms with Crippen molar-refractivity contribution in [2.75, 3.05) is 24.7 Å². The third kappa shape index (κ3) is 2.83. The van der Waals surface area contributed by atoms with Crippen molar-refractivity contribution in [2.24, 2.45) is 0 Å². The maximum absolute atomic E-state index is 11.6. The molecule has 1 aromatic rings. The molecule has 0 aliphatic carbocycles. The van der Waals surface area contributed by atoms with Crippen LogP contribution in [0, 0.1) is 0 Å². The maximum atomic E-state index is 11.6. The number of sulfone groups is 1. The van der Waals surface area contributed by atoms with Crippen LogP contribution in [0.25, 0.3) is 0 Å². The Morgan fingerprint density at radius 1 is 1.40 bits per heavy atom. The minimum atomic E-state index is -3.32. The molecule has 1 heterocycles. The molecule has 0 unspecified atom stereocenters. The van der Waals surface area contributed by atoms with Crippen molar-refractivity contribution in [3.05, 3.63) is 46.2 Å². The van der Waals surface area contributed by atoms with Crippen LogP contribution >= 0.6 is 0 Å². The first-order chi connectivity index (χ1) is 9.44. The molecule has 0 aromatic heterocycles. The lowest BCUT2D eigenvalue weighted by molar-refractivity contribution is 0.0601. The number of allylic oxidation sites excluding steroid dienone is 2. The molecule has 0 saturated carbocycles. The van der Waals surface area contributed by atoms with Gasteiger partial charge in [0.1, 0.15) is 0 Å². The normalized spacial score (nSPS) is 15.8. The van der Waals surface area contributed by atoms with Gasteiger partial charge >= 0.3 is 5.97 Å². The molecule has 0 bridgehead atoms. The number of benzene rings is 1. The van der Waals surface area contributed by atoms with Crippen LogP contribution in [-0.2, 0) is 14.6 Å². The molecule has 0 radical (unpaired) electrons. The number of hydrogen-bond donors (Lipinski definition) is 2. The highest BCUT2D eigenvalue weighted by Gasteiger charge is 2.18. The van der Waals surface area contributed by atoms with Crippen LogP contribution in [0.3, 0.4) is 0 Å². The summed E-state index contributed by atoms with van der Waals surface area (Å²) in [6.45, 7) is 0.101. The standard InChI is InChI=1S/C13H14N2O4S/c1-19-13(16)9-4-5-11(14)12(7-9)15-8-10-3-2-6-20(10,17)18/h2-7,15H,8,14H2,1H3. The molecule has 6 nitrogen and oxygen atoms in total. The second kappa shape index (κ2) is 5.38. The number of nitrogens with two attached hydrogens (primary N) is 1. The lowest BCUT2D eigenvalue weighted by atomic mass is 10.1. The van der Waals surface area contributed by atoms with Crippen LogP contribution in [0.2, 0.25) is 0 Å². The molecule has 0 saturated heterocycles. The second-order valence-electron chi connectivity index (χ2n) is 4.15. The number of nitrogen functional groups attached to an aromatic ring is 1. The molecule has 0 atom stereocenters. The highest BCUT2D eigenvalue weighted by molar-refractivity contribution is 7.98. The fourth-order valence-electron chi connectivity index (χ4n) is 1.73. The van der Waals surface area contributed by atoms with Crippen molar-refractivity contribution in [1.82, 2.24) is 0 Å². The lowest BCUT2D eigenvalue weighted by Crippen LogP contribution is -2.12. The van der Waals surface area contributed by atoms with E-state index in [4.69, 9.17) is 5.73 Å². The van der Waals surface area contributed by atoms with Crippen LogP contribution in [0.5, 0.6) is 0 Å². The minimum absolute atomic E-state index is 0.101. The van der Waals surface area contributed by atoms with Gasteiger partial charge in [-0.2, -0.15) is 0 Å². The molecule has 106 valence electrons. The summed E-state index contributed by atoms with van der Waals surface area (Å²) in [6, 6.07) is 4.63. The van der Waals surface area contributed by atoms with Crippen LogP contribution in [0.15, 0.2) is 40.7 Å². The number of ether oxygens (including phenoxy) is 1. The summed E-state index contributed by atoms with van der Waals surface area (Å²) in [5.74, 6) is -0.484. The topological polar surface area (TPSA) is 98.5 Å². The van der Waals surface area contributed by atoms with E-state index in [9.17, 15) is 13.2 Å². The first kappa shape index (κ1) is 14.1. The Labute approximate surface area is 116 Å². The molecule has 1 aliphatic heterocycles. The monoisotopic (exact) mass is 294 g/mol. The summed E-state index contributed by atoms with van der Waals surface area (Å²) in [5, 5.41) is 4.05. The zero-order chi connectivity index (χ0) is 14.8. The van der Waals surface area contributed by atoms with Crippen molar-refractivity contribution < 1.29 is 17.9 Å². The summed E-state index contributed by atoms with van der Waals surface area (Å²) < 4.78 is 27.8. The Hall–Kier alpha value is -2.28. The SMILES string of the molecule is COC(=O)c1ccc(N)c(NCC2=CC=CS2(=O)=O)c1. The molecule has 20 heavy (non-hydrogen) atoms. The van der Waals surface area contributed by atoms with Crippen molar-refractivity contribution in [3.8, 4) is 0 Å². The van der Waals surface area contributed by atoms with Gasteiger partial charge in [-0.3, -0.25) is 0 Å². The number of hydrogen-bond acceptors (Lipinski definition) is 6. The molecule has 0 spiro atoms. The molecular weight excluding hydrogens is 280 g/mol. The van der Waals surface area contributed by atoms with E-state index in [2.05, 4.69) is 10.1 Å². The third-order valence-corrected chi connectivity index (χ3v) is 4.36. The van der Waals surface area contributed by atoms with Crippen molar-refractivity contribution in [3.63, 3.8) is 0 Å². The average Bonchev–Trinajstić information content (AvgIpc) is 2.76. The van der Waals surface area contributed by atoms with E-state index in [0.717, 1.165) is 5.41 Å².